The SMILES string of the molecule is Cc1ccc(-c2nc3scc(C)n3c2CCN)c(C)c1. The third kappa shape index (κ3) is 2.05. The van der Waals surface area contributed by atoms with Crippen LogP contribution in [-0.4, -0.2) is 15.9 Å². The Bertz CT molecular complexity index is 767. The highest BCUT2D eigenvalue weighted by Crippen LogP contribution is 2.31. The summed E-state index contributed by atoms with van der Waals surface area (Å²) in [5.74, 6) is 0. The van der Waals surface area contributed by atoms with Crippen molar-refractivity contribution in [2.75, 3.05) is 6.54 Å². The van der Waals surface area contributed by atoms with Crippen molar-refractivity contribution in [2.45, 2.75) is 27.2 Å². The zero-order valence-corrected chi connectivity index (χ0v) is 12.9. The summed E-state index contributed by atoms with van der Waals surface area (Å²) in [6, 6.07) is 6.53. The minimum Gasteiger partial charge on any atom is -0.330 e. The van der Waals surface area contributed by atoms with Crippen LogP contribution >= 0.6 is 11.3 Å². The smallest absolute Gasteiger partial charge is 0.194 e. The van der Waals surface area contributed by atoms with Crippen LogP contribution in [0.15, 0.2) is 23.6 Å². The van der Waals surface area contributed by atoms with Gasteiger partial charge < -0.3 is 5.73 Å². The van der Waals surface area contributed by atoms with Crippen molar-refractivity contribution in [3.05, 3.63) is 46.1 Å². The molecule has 0 aliphatic carbocycles. The third-order valence-corrected chi connectivity index (χ3v) is 4.59. The van der Waals surface area contributed by atoms with Gasteiger partial charge in [-0.1, -0.05) is 23.8 Å². The molecular weight excluding hydrogens is 266 g/mol. The number of imidazole rings is 1. The van der Waals surface area contributed by atoms with Crippen molar-refractivity contribution in [1.82, 2.24) is 9.38 Å². The number of hydrogen-bond acceptors (Lipinski definition) is 3. The number of aromatic nitrogens is 2. The second kappa shape index (κ2) is 5.04. The van der Waals surface area contributed by atoms with E-state index in [9.17, 15) is 0 Å². The highest BCUT2D eigenvalue weighted by Gasteiger charge is 2.17. The number of aryl methyl sites for hydroxylation is 3. The van der Waals surface area contributed by atoms with Crippen LogP contribution in [0.3, 0.4) is 0 Å². The van der Waals surface area contributed by atoms with Crippen molar-refractivity contribution >= 4 is 16.3 Å². The van der Waals surface area contributed by atoms with Gasteiger partial charge in [0.05, 0.1) is 11.4 Å². The van der Waals surface area contributed by atoms with Crippen molar-refractivity contribution in [3.63, 3.8) is 0 Å². The summed E-state index contributed by atoms with van der Waals surface area (Å²) in [4.78, 5) is 5.90. The summed E-state index contributed by atoms with van der Waals surface area (Å²) in [5.41, 5.74) is 13.1. The lowest BCUT2D eigenvalue weighted by Crippen LogP contribution is -2.07. The van der Waals surface area contributed by atoms with E-state index < -0.39 is 0 Å². The predicted molar refractivity (Wildman–Crippen MR) is 85.5 cm³/mol. The van der Waals surface area contributed by atoms with Gasteiger partial charge >= 0.3 is 0 Å². The van der Waals surface area contributed by atoms with E-state index in [-0.39, 0.29) is 0 Å². The van der Waals surface area contributed by atoms with Crippen LogP contribution in [-0.2, 0) is 6.42 Å². The van der Waals surface area contributed by atoms with Gasteiger partial charge in [0.1, 0.15) is 0 Å². The standard InChI is InChI=1S/C16H19N3S/c1-10-4-5-13(11(2)8-10)15-14(6-7-17)19-12(3)9-20-16(19)18-15/h4-5,8-9H,6-7,17H2,1-3H3. The number of nitrogens with two attached hydrogens (primary N) is 1. The largest absolute Gasteiger partial charge is 0.330 e. The number of rotatable bonds is 3. The zero-order valence-electron chi connectivity index (χ0n) is 12.1. The van der Waals surface area contributed by atoms with Crippen molar-refractivity contribution in [1.29, 1.82) is 0 Å². The summed E-state index contributed by atoms with van der Waals surface area (Å²) in [7, 11) is 0. The van der Waals surface area contributed by atoms with Gasteiger partial charge in [-0.2, -0.15) is 0 Å². The number of nitrogens with zero attached hydrogens (tertiary/aromatic N) is 2. The van der Waals surface area contributed by atoms with Gasteiger partial charge in [0.25, 0.3) is 0 Å². The normalized spacial score (nSPS) is 11.4. The van der Waals surface area contributed by atoms with E-state index in [1.807, 2.05) is 0 Å². The van der Waals surface area contributed by atoms with Crippen LogP contribution in [0, 0.1) is 20.8 Å². The van der Waals surface area contributed by atoms with E-state index in [0.717, 1.165) is 17.1 Å². The average Bonchev–Trinajstić information content (AvgIpc) is 2.92. The summed E-state index contributed by atoms with van der Waals surface area (Å²) in [5, 5.41) is 2.15. The maximum atomic E-state index is 5.80. The first-order valence-electron chi connectivity index (χ1n) is 6.85. The first kappa shape index (κ1) is 13.3. The summed E-state index contributed by atoms with van der Waals surface area (Å²) < 4.78 is 2.24. The molecule has 0 atom stereocenters. The first-order chi connectivity index (χ1) is 9.61. The summed E-state index contributed by atoms with van der Waals surface area (Å²) in [6.45, 7) is 7.03. The minimum absolute atomic E-state index is 0.640. The van der Waals surface area contributed by atoms with E-state index in [0.29, 0.717) is 6.54 Å². The molecule has 0 saturated heterocycles. The molecule has 0 amide bonds. The molecule has 0 aliphatic heterocycles. The fourth-order valence-corrected chi connectivity index (χ4v) is 3.61. The molecule has 3 aromatic rings. The van der Waals surface area contributed by atoms with Gasteiger partial charge in [0, 0.05) is 23.1 Å². The van der Waals surface area contributed by atoms with Gasteiger partial charge in [-0.15, -0.1) is 11.3 Å². The Kier molecular flexibility index (Phi) is 3.36. The molecule has 2 N–H and O–H groups in total. The van der Waals surface area contributed by atoms with Gasteiger partial charge in [-0.25, -0.2) is 4.98 Å². The Hall–Kier alpha value is -1.65. The molecule has 2 aromatic heterocycles. The van der Waals surface area contributed by atoms with E-state index in [1.54, 1.807) is 11.3 Å². The molecule has 3 nitrogen and oxygen atoms in total. The van der Waals surface area contributed by atoms with Crippen molar-refractivity contribution < 1.29 is 0 Å². The maximum absolute atomic E-state index is 5.80. The highest BCUT2D eigenvalue weighted by molar-refractivity contribution is 7.15. The molecule has 0 fully saturated rings. The quantitative estimate of drug-likeness (QED) is 0.800. The van der Waals surface area contributed by atoms with Crippen LogP contribution in [0.2, 0.25) is 0 Å². The first-order valence-corrected chi connectivity index (χ1v) is 7.73. The number of fused-ring (bicyclic) bond motifs is 1. The van der Waals surface area contributed by atoms with Crippen molar-refractivity contribution in [3.8, 4) is 11.3 Å². The molecule has 0 unspecified atom stereocenters. The van der Waals surface area contributed by atoms with E-state index in [4.69, 9.17) is 10.7 Å². The Morgan fingerprint density at radius 3 is 2.75 bits per heavy atom. The lowest BCUT2D eigenvalue weighted by molar-refractivity contribution is 0.898. The Morgan fingerprint density at radius 1 is 1.25 bits per heavy atom. The molecular formula is C16H19N3S. The molecule has 3 rings (SSSR count). The van der Waals surface area contributed by atoms with Crippen LogP contribution < -0.4 is 5.73 Å². The number of thiazole rings is 1. The number of benzene rings is 1. The van der Waals surface area contributed by atoms with Crippen LogP contribution in [0.4, 0.5) is 0 Å². The zero-order chi connectivity index (χ0) is 14.3. The maximum Gasteiger partial charge on any atom is 0.194 e. The van der Waals surface area contributed by atoms with Gasteiger partial charge in [-0.05, 0) is 32.9 Å². The molecule has 2 heterocycles. The fraction of sp³-hybridized carbons (Fsp3) is 0.312. The monoisotopic (exact) mass is 285 g/mol. The van der Waals surface area contributed by atoms with E-state index in [2.05, 4.69) is 48.8 Å². The minimum atomic E-state index is 0.640. The molecule has 0 saturated carbocycles. The summed E-state index contributed by atoms with van der Waals surface area (Å²) in [6.07, 6.45) is 0.849. The molecule has 20 heavy (non-hydrogen) atoms. The van der Waals surface area contributed by atoms with Crippen LogP contribution in [0.5, 0.6) is 0 Å². The molecule has 0 aliphatic rings. The lowest BCUT2D eigenvalue weighted by Gasteiger charge is -2.08. The summed E-state index contributed by atoms with van der Waals surface area (Å²) >= 11 is 1.69. The molecule has 0 bridgehead atoms. The Labute approximate surface area is 123 Å². The average molecular weight is 285 g/mol. The van der Waals surface area contributed by atoms with Crippen molar-refractivity contribution in [2.24, 2.45) is 5.73 Å². The van der Waals surface area contributed by atoms with Crippen LogP contribution in [0.1, 0.15) is 22.5 Å². The second-order valence-corrected chi connectivity index (χ2v) is 6.10. The van der Waals surface area contributed by atoms with Crippen LogP contribution in [0.25, 0.3) is 16.2 Å². The third-order valence-electron chi connectivity index (χ3n) is 3.65. The van der Waals surface area contributed by atoms with Gasteiger partial charge in [0.2, 0.25) is 0 Å². The Morgan fingerprint density at radius 2 is 2.05 bits per heavy atom. The fourth-order valence-electron chi connectivity index (χ4n) is 2.73. The van der Waals surface area contributed by atoms with Gasteiger partial charge in [0.15, 0.2) is 4.96 Å². The Balaban J connectivity index is 2.27. The van der Waals surface area contributed by atoms with E-state index in [1.165, 1.54) is 28.1 Å². The number of hydrogen-bond donors (Lipinski definition) is 1. The molecule has 104 valence electrons. The van der Waals surface area contributed by atoms with E-state index >= 15 is 0 Å². The highest BCUT2D eigenvalue weighted by atomic mass is 32.1. The van der Waals surface area contributed by atoms with Gasteiger partial charge in [-0.3, -0.25) is 4.40 Å². The molecule has 1 aromatic carbocycles. The molecule has 0 spiro atoms. The topological polar surface area (TPSA) is 43.3 Å². The predicted octanol–water partition coefficient (Wildman–Crippen LogP) is 3.49. The molecule has 4 heteroatoms. The lowest BCUT2D eigenvalue weighted by atomic mass is 10.0. The molecule has 0 radical (unpaired) electrons. The second-order valence-electron chi connectivity index (χ2n) is 5.26.